The summed E-state index contributed by atoms with van der Waals surface area (Å²) in [5.41, 5.74) is 4.23. The number of hydrogen-bond acceptors (Lipinski definition) is 3. The van der Waals surface area contributed by atoms with Gasteiger partial charge >= 0.3 is 0 Å². The first-order chi connectivity index (χ1) is 9.69. The molecule has 0 fully saturated rings. The van der Waals surface area contributed by atoms with E-state index in [4.69, 9.17) is 0 Å². The first kappa shape index (κ1) is 12.5. The number of carbonyl (C=O) groups excluding carboxylic acids is 1. The van der Waals surface area contributed by atoms with Crippen LogP contribution in [0.3, 0.4) is 0 Å². The van der Waals surface area contributed by atoms with Crippen molar-refractivity contribution in [3.05, 3.63) is 59.0 Å². The van der Waals surface area contributed by atoms with E-state index in [9.17, 15) is 4.79 Å². The Morgan fingerprint density at radius 2 is 1.95 bits per heavy atom. The van der Waals surface area contributed by atoms with E-state index in [0.29, 0.717) is 12.1 Å². The van der Waals surface area contributed by atoms with E-state index in [-0.39, 0.29) is 0 Å². The quantitative estimate of drug-likeness (QED) is 0.684. The van der Waals surface area contributed by atoms with Crippen molar-refractivity contribution in [3.8, 4) is 0 Å². The minimum absolute atomic E-state index is 0.575. The molecule has 0 saturated heterocycles. The maximum absolute atomic E-state index is 11.0. The molecular formula is C16H15N3O. The third kappa shape index (κ3) is 2.09. The third-order valence-corrected chi connectivity index (χ3v) is 3.52. The van der Waals surface area contributed by atoms with Crippen molar-refractivity contribution in [2.24, 2.45) is 0 Å². The van der Waals surface area contributed by atoms with Gasteiger partial charge in [-0.3, -0.25) is 14.5 Å². The molecule has 2 aromatic heterocycles. The molecule has 0 amide bonds. The summed E-state index contributed by atoms with van der Waals surface area (Å²) in [6.45, 7) is 4.33. The minimum atomic E-state index is 0.575. The Morgan fingerprint density at radius 1 is 1.15 bits per heavy atom. The van der Waals surface area contributed by atoms with Gasteiger partial charge in [-0.1, -0.05) is 24.3 Å². The molecule has 2 heterocycles. The topological polar surface area (TPSA) is 47.8 Å². The molecule has 4 heteroatoms. The van der Waals surface area contributed by atoms with Crippen molar-refractivity contribution in [3.63, 3.8) is 0 Å². The van der Waals surface area contributed by atoms with Crippen LogP contribution < -0.4 is 0 Å². The number of benzene rings is 1. The highest BCUT2D eigenvalue weighted by atomic mass is 16.1. The Labute approximate surface area is 117 Å². The zero-order valence-corrected chi connectivity index (χ0v) is 11.5. The highest BCUT2D eigenvalue weighted by molar-refractivity contribution is 5.79. The third-order valence-electron chi connectivity index (χ3n) is 3.52. The number of hydrogen-bond donors (Lipinski definition) is 0. The second-order valence-corrected chi connectivity index (χ2v) is 4.86. The zero-order valence-electron chi connectivity index (χ0n) is 11.5. The van der Waals surface area contributed by atoms with Crippen LogP contribution in [-0.4, -0.2) is 21.1 Å². The fraction of sp³-hybridized carbons (Fsp3) is 0.188. The van der Waals surface area contributed by atoms with E-state index in [1.54, 1.807) is 0 Å². The van der Waals surface area contributed by atoms with Crippen molar-refractivity contribution in [1.82, 2.24) is 14.8 Å². The fourth-order valence-electron chi connectivity index (χ4n) is 2.39. The van der Waals surface area contributed by atoms with Gasteiger partial charge in [-0.25, -0.2) is 0 Å². The van der Waals surface area contributed by atoms with Gasteiger partial charge in [0.15, 0.2) is 6.29 Å². The fourth-order valence-corrected chi connectivity index (χ4v) is 2.39. The maximum Gasteiger partial charge on any atom is 0.153 e. The van der Waals surface area contributed by atoms with E-state index in [1.807, 2.05) is 48.9 Å². The standard InChI is InChI=1S/C16H15N3O/c1-11-15(10-20)12(2)19(18-11)9-14-8-7-13-5-3-4-6-16(13)17-14/h3-8,10H,9H2,1-2H3. The molecule has 0 saturated carbocycles. The van der Waals surface area contributed by atoms with Gasteiger partial charge in [0.05, 0.1) is 29.0 Å². The zero-order chi connectivity index (χ0) is 14.1. The van der Waals surface area contributed by atoms with Crippen LogP contribution in [0.4, 0.5) is 0 Å². The van der Waals surface area contributed by atoms with E-state index in [0.717, 1.165) is 34.3 Å². The van der Waals surface area contributed by atoms with Crippen molar-refractivity contribution in [1.29, 1.82) is 0 Å². The number of pyridine rings is 1. The van der Waals surface area contributed by atoms with Gasteiger partial charge in [0.2, 0.25) is 0 Å². The highest BCUT2D eigenvalue weighted by Gasteiger charge is 2.11. The van der Waals surface area contributed by atoms with E-state index in [2.05, 4.69) is 16.1 Å². The van der Waals surface area contributed by atoms with Crippen LogP contribution in [0, 0.1) is 13.8 Å². The summed E-state index contributed by atoms with van der Waals surface area (Å²) >= 11 is 0. The molecule has 1 aromatic carbocycles. The number of aromatic nitrogens is 3. The number of aryl methyl sites for hydroxylation is 1. The van der Waals surface area contributed by atoms with E-state index >= 15 is 0 Å². The number of aldehydes is 1. The Balaban J connectivity index is 1.99. The average molecular weight is 265 g/mol. The van der Waals surface area contributed by atoms with Gasteiger partial charge < -0.3 is 0 Å². The molecule has 0 aliphatic carbocycles. The molecule has 0 aliphatic rings. The molecule has 100 valence electrons. The van der Waals surface area contributed by atoms with Crippen LogP contribution >= 0.6 is 0 Å². The lowest BCUT2D eigenvalue weighted by molar-refractivity contribution is 0.112. The van der Waals surface area contributed by atoms with Gasteiger partial charge in [-0.2, -0.15) is 5.10 Å². The first-order valence-electron chi connectivity index (χ1n) is 6.53. The van der Waals surface area contributed by atoms with Gasteiger partial charge in [-0.05, 0) is 26.0 Å². The van der Waals surface area contributed by atoms with Gasteiger partial charge in [0, 0.05) is 11.1 Å². The molecule has 0 unspecified atom stereocenters. The summed E-state index contributed by atoms with van der Waals surface area (Å²) in [7, 11) is 0. The molecule has 0 radical (unpaired) electrons. The number of nitrogens with zero attached hydrogens (tertiary/aromatic N) is 3. The maximum atomic E-state index is 11.0. The van der Waals surface area contributed by atoms with Crippen LogP contribution in [0.15, 0.2) is 36.4 Å². The normalized spacial score (nSPS) is 10.9. The Bertz CT molecular complexity index is 790. The van der Waals surface area contributed by atoms with Gasteiger partial charge in [-0.15, -0.1) is 0 Å². The molecule has 3 rings (SSSR count). The first-order valence-corrected chi connectivity index (χ1v) is 6.53. The second kappa shape index (κ2) is 4.89. The van der Waals surface area contributed by atoms with Crippen LogP contribution in [0.2, 0.25) is 0 Å². The second-order valence-electron chi connectivity index (χ2n) is 4.86. The number of para-hydroxylation sites is 1. The summed E-state index contributed by atoms with van der Waals surface area (Å²) in [6, 6.07) is 12.1. The van der Waals surface area contributed by atoms with Gasteiger partial charge in [0.1, 0.15) is 0 Å². The van der Waals surface area contributed by atoms with Crippen LogP contribution in [0.5, 0.6) is 0 Å². The molecule has 0 atom stereocenters. The number of rotatable bonds is 3. The molecular weight excluding hydrogens is 250 g/mol. The summed E-state index contributed by atoms with van der Waals surface area (Å²) in [5.74, 6) is 0. The lowest BCUT2D eigenvalue weighted by atomic mass is 10.2. The Hall–Kier alpha value is -2.49. The predicted octanol–water partition coefficient (Wildman–Crippen LogP) is 2.91. The average Bonchev–Trinajstić information content (AvgIpc) is 2.73. The summed E-state index contributed by atoms with van der Waals surface area (Å²) in [6.07, 6.45) is 0.863. The van der Waals surface area contributed by atoms with Crippen LogP contribution in [-0.2, 0) is 6.54 Å². The molecule has 0 aliphatic heterocycles. The summed E-state index contributed by atoms with van der Waals surface area (Å²) < 4.78 is 1.83. The Kier molecular flexibility index (Phi) is 3.06. The van der Waals surface area contributed by atoms with Crippen molar-refractivity contribution in [2.45, 2.75) is 20.4 Å². The smallest absolute Gasteiger partial charge is 0.153 e. The molecule has 3 aromatic rings. The molecule has 4 nitrogen and oxygen atoms in total. The minimum Gasteiger partial charge on any atom is -0.298 e. The Morgan fingerprint density at radius 3 is 2.70 bits per heavy atom. The summed E-state index contributed by atoms with van der Waals surface area (Å²) in [5, 5.41) is 5.53. The lowest BCUT2D eigenvalue weighted by Crippen LogP contribution is -2.06. The molecule has 20 heavy (non-hydrogen) atoms. The largest absolute Gasteiger partial charge is 0.298 e. The van der Waals surface area contributed by atoms with Crippen molar-refractivity contribution in [2.75, 3.05) is 0 Å². The monoisotopic (exact) mass is 265 g/mol. The highest BCUT2D eigenvalue weighted by Crippen LogP contribution is 2.15. The van der Waals surface area contributed by atoms with Crippen LogP contribution in [0.1, 0.15) is 27.4 Å². The predicted molar refractivity (Wildman–Crippen MR) is 77.9 cm³/mol. The molecule has 0 N–H and O–H groups in total. The number of carbonyl (C=O) groups is 1. The molecule has 0 spiro atoms. The van der Waals surface area contributed by atoms with Crippen LogP contribution in [0.25, 0.3) is 10.9 Å². The van der Waals surface area contributed by atoms with E-state index in [1.165, 1.54) is 0 Å². The summed E-state index contributed by atoms with van der Waals surface area (Å²) in [4.78, 5) is 15.6. The SMILES string of the molecule is Cc1nn(Cc2ccc3ccccc3n2)c(C)c1C=O. The molecule has 0 bridgehead atoms. The van der Waals surface area contributed by atoms with Crippen molar-refractivity contribution >= 4 is 17.2 Å². The lowest BCUT2D eigenvalue weighted by Gasteiger charge is -2.05. The van der Waals surface area contributed by atoms with Gasteiger partial charge in [0.25, 0.3) is 0 Å². The van der Waals surface area contributed by atoms with E-state index < -0.39 is 0 Å². The number of fused-ring (bicyclic) bond motifs is 1. The van der Waals surface area contributed by atoms with Crippen molar-refractivity contribution < 1.29 is 4.79 Å².